The molecule has 0 aliphatic carbocycles. The molecule has 0 aromatic heterocycles. The van der Waals surface area contributed by atoms with Crippen molar-refractivity contribution in [3.63, 3.8) is 0 Å². The Hall–Kier alpha value is -2.44. The van der Waals surface area contributed by atoms with Crippen molar-refractivity contribution < 1.29 is 13.9 Å². The Morgan fingerprint density at radius 3 is 2.72 bits per heavy atom. The van der Waals surface area contributed by atoms with E-state index >= 15 is 0 Å². The highest BCUT2D eigenvalue weighted by molar-refractivity contribution is 7.80. The third kappa shape index (κ3) is 3.81. The first-order chi connectivity index (χ1) is 12.0. The number of thiocarbonyl (C=S) groups is 1. The number of hydrogen-bond donors (Lipinski definition) is 1. The van der Waals surface area contributed by atoms with Gasteiger partial charge in [-0.05, 0) is 42.1 Å². The maximum atomic E-state index is 13.6. The molecule has 2 aromatic carbocycles. The standard InChI is InChI=1S/C18H14ClFN2O2S/c1-22-17(23)15(21-18(22)25)9-11-6-7-16(13(19)8-11)24-10-12-4-2-3-5-14(12)20/h2-9H,10H2,1H3,(H,21,25). The Morgan fingerprint density at radius 1 is 1.32 bits per heavy atom. The zero-order valence-corrected chi connectivity index (χ0v) is 14.8. The molecular weight excluding hydrogens is 363 g/mol. The van der Waals surface area contributed by atoms with Crippen LogP contribution in [0.4, 0.5) is 4.39 Å². The van der Waals surface area contributed by atoms with E-state index in [1.165, 1.54) is 11.0 Å². The van der Waals surface area contributed by atoms with Gasteiger partial charge in [-0.3, -0.25) is 9.69 Å². The Kier molecular flexibility index (Phi) is 5.01. The van der Waals surface area contributed by atoms with Crippen molar-refractivity contribution >= 4 is 40.9 Å². The van der Waals surface area contributed by atoms with Crippen LogP contribution in [0.1, 0.15) is 11.1 Å². The van der Waals surface area contributed by atoms with Gasteiger partial charge in [0.25, 0.3) is 5.91 Å². The molecule has 25 heavy (non-hydrogen) atoms. The van der Waals surface area contributed by atoms with Gasteiger partial charge in [-0.25, -0.2) is 4.39 Å². The first-order valence-electron chi connectivity index (χ1n) is 7.42. The van der Waals surface area contributed by atoms with Crippen molar-refractivity contribution in [3.05, 3.63) is 70.1 Å². The van der Waals surface area contributed by atoms with Gasteiger partial charge in [0.2, 0.25) is 0 Å². The Labute approximate surface area is 154 Å². The van der Waals surface area contributed by atoms with Crippen LogP contribution in [-0.2, 0) is 11.4 Å². The van der Waals surface area contributed by atoms with Crippen LogP contribution in [0.5, 0.6) is 5.75 Å². The Morgan fingerprint density at radius 2 is 2.08 bits per heavy atom. The van der Waals surface area contributed by atoms with Crippen molar-refractivity contribution in [1.82, 2.24) is 10.2 Å². The van der Waals surface area contributed by atoms with Crippen molar-refractivity contribution in [2.24, 2.45) is 0 Å². The maximum absolute atomic E-state index is 13.6. The third-order valence-electron chi connectivity index (χ3n) is 3.69. The van der Waals surface area contributed by atoms with E-state index in [-0.39, 0.29) is 18.3 Å². The maximum Gasteiger partial charge on any atom is 0.276 e. The fraction of sp³-hybridized carbons (Fsp3) is 0.111. The molecular formula is C18H14ClFN2O2S. The van der Waals surface area contributed by atoms with Crippen LogP contribution in [0, 0.1) is 5.82 Å². The second-order valence-corrected chi connectivity index (χ2v) is 6.22. The molecule has 0 radical (unpaired) electrons. The van der Waals surface area contributed by atoms with E-state index in [1.54, 1.807) is 49.5 Å². The first kappa shape index (κ1) is 17.4. The molecule has 1 saturated heterocycles. The van der Waals surface area contributed by atoms with Gasteiger partial charge in [0, 0.05) is 12.6 Å². The van der Waals surface area contributed by atoms with E-state index in [0.717, 1.165) is 5.56 Å². The van der Waals surface area contributed by atoms with Crippen molar-refractivity contribution in [3.8, 4) is 5.75 Å². The van der Waals surface area contributed by atoms with Crippen LogP contribution < -0.4 is 10.1 Å². The lowest BCUT2D eigenvalue weighted by atomic mass is 10.2. The van der Waals surface area contributed by atoms with Gasteiger partial charge in [0.15, 0.2) is 5.11 Å². The highest BCUT2D eigenvalue weighted by Gasteiger charge is 2.26. The molecule has 7 heteroatoms. The van der Waals surface area contributed by atoms with E-state index in [4.69, 9.17) is 28.6 Å². The van der Waals surface area contributed by atoms with Crippen LogP contribution >= 0.6 is 23.8 Å². The first-order valence-corrected chi connectivity index (χ1v) is 8.21. The summed E-state index contributed by atoms with van der Waals surface area (Å²) in [6, 6.07) is 11.5. The molecule has 0 unspecified atom stereocenters. The zero-order valence-electron chi connectivity index (χ0n) is 13.3. The summed E-state index contributed by atoms with van der Waals surface area (Å²) in [6.45, 7) is 0.0753. The number of nitrogens with one attached hydrogen (secondary N) is 1. The Balaban J connectivity index is 1.74. The predicted molar refractivity (Wildman–Crippen MR) is 98.7 cm³/mol. The smallest absolute Gasteiger partial charge is 0.276 e. The van der Waals surface area contributed by atoms with E-state index in [1.807, 2.05) is 0 Å². The van der Waals surface area contributed by atoms with Crippen molar-refractivity contribution in [2.45, 2.75) is 6.61 Å². The molecule has 0 spiro atoms. The van der Waals surface area contributed by atoms with E-state index in [9.17, 15) is 9.18 Å². The van der Waals surface area contributed by atoms with Gasteiger partial charge in [-0.2, -0.15) is 0 Å². The van der Waals surface area contributed by atoms with Gasteiger partial charge in [0.1, 0.15) is 23.9 Å². The molecule has 2 aromatic rings. The summed E-state index contributed by atoms with van der Waals surface area (Å²) < 4.78 is 19.2. The summed E-state index contributed by atoms with van der Waals surface area (Å²) in [5.41, 5.74) is 1.54. The molecule has 0 saturated carbocycles. The molecule has 4 nitrogen and oxygen atoms in total. The number of halogens is 2. The summed E-state index contributed by atoms with van der Waals surface area (Å²) in [5.74, 6) is -0.0997. The molecule has 128 valence electrons. The summed E-state index contributed by atoms with van der Waals surface area (Å²) in [5, 5.41) is 3.56. The van der Waals surface area contributed by atoms with Gasteiger partial charge >= 0.3 is 0 Å². The summed E-state index contributed by atoms with van der Waals surface area (Å²) in [6.07, 6.45) is 1.66. The van der Waals surface area contributed by atoms with Gasteiger partial charge in [-0.15, -0.1) is 0 Å². The number of benzene rings is 2. The molecule has 0 atom stereocenters. The average Bonchev–Trinajstić information content (AvgIpc) is 2.82. The zero-order chi connectivity index (χ0) is 18.0. The lowest BCUT2D eigenvalue weighted by molar-refractivity contribution is -0.121. The number of rotatable bonds is 4. The lowest BCUT2D eigenvalue weighted by Crippen LogP contribution is -2.25. The second-order valence-electron chi connectivity index (χ2n) is 5.42. The monoisotopic (exact) mass is 376 g/mol. The number of amides is 1. The van der Waals surface area contributed by atoms with Gasteiger partial charge < -0.3 is 10.1 Å². The molecule has 1 aliphatic rings. The second kappa shape index (κ2) is 7.21. The average molecular weight is 377 g/mol. The number of carbonyl (C=O) groups is 1. The number of nitrogens with zero attached hydrogens (tertiary/aromatic N) is 1. The highest BCUT2D eigenvalue weighted by Crippen LogP contribution is 2.27. The predicted octanol–water partition coefficient (Wildman–Crippen LogP) is 3.75. The minimum atomic E-state index is -0.328. The third-order valence-corrected chi connectivity index (χ3v) is 4.36. The summed E-state index contributed by atoms with van der Waals surface area (Å²) in [7, 11) is 1.60. The van der Waals surface area contributed by atoms with Crippen LogP contribution in [0.25, 0.3) is 6.08 Å². The Bertz CT molecular complexity index is 885. The lowest BCUT2D eigenvalue weighted by Gasteiger charge is -2.09. The van der Waals surface area contributed by atoms with E-state index in [2.05, 4.69) is 5.32 Å². The molecule has 3 rings (SSSR count). The topological polar surface area (TPSA) is 41.6 Å². The fourth-order valence-electron chi connectivity index (χ4n) is 2.28. The SMILES string of the molecule is CN1C(=O)C(=Cc2ccc(OCc3ccccc3F)c(Cl)c2)NC1=S. The molecule has 0 bridgehead atoms. The summed E-state index contributed by atoms with van der Waals surface area (Å²) >= 11 is 11.3. The fourth-order valence-corrected chi connectivity index (χ4v) is 2.72. The summed E-state index contributed by atoms with van der Waals surface area (Å²) in [4.78, 5) is 13.3. The van der Waals surface area contributed by atoms with E-state index < -0.39 is 0 Å². The number of likely N-dealkylation sites (N-methyl/N-ethyl adjacent to an activating group) is 1. The van der Waals surface area contributed by atoms with E-state index in [0.29, 0.717) is 27.1 Å². The normalized spacial score (nSPS) is 15.6. The minimum Gasteiger partial charge on any atom is -0.487 e. The van der Waals surface area contributed by atoms with Crippen LogP contribution in [0.3, 0.4) is 0 Å². The van der Waals surface area contributed by atoms with Crippen LogP contribution in [0.15, 0.2) is 48.2 Å². The van der Waals surface area contributed by atoms with Crippen LogP contribution in [-0.4, -0.2) is 23.0 Å². The van der Waals surface area contributed by atoms with Gasteiger partial charge in [0.05, 0.1) is 5.02 Å². The minimum absolute atomic E-state index is 0.0753. The number of hydrogen-bond acceptors (Lipinski definition) is 3. The number of ether oxygens (including phenoxy) is 1. The number of carbonyl (C=O) groups excluding carboxylic acids is 1. The van der Waals surface area contributed by atoms with Crippen molar-refractivity contribution in [1.29, 1.82) is 0 Å². The molecule has 1 fully saturated rings. The highest BCUT2D eigenvalue weighted by atomic mass is 35.5. The van der Waals surface area contributed by atoms with Crippen LogP contribution in [0.2, 0.25) is 5.02 Å². The molecule has 1 aliphatic heterocycles. The molecule has 1 N–H and O–H groups in total. The molecule has 1 heterocycles. The quantitative estimate of drug-likeness (QED) is 0.652. The largest absolute Gasteiger partial charge is 0.487 e. The van der Waals surface area contributed by atoms with Crippen molar-refractivity contribution in [2.75, 3.05) is 7.05 Å². The van der Waals surface area contributed by atoms with Gasteiger partial charge in [-0.1, -0.05) is 35.9 Å². The molecule has 1 amide bonds.